The highest BCUT2D eigenvalue weighted by Crippen LogP contribution is 2.42. The lowest BCUT2D eigenvalue weighted by Gasteiger charge is -2.39. The third-order valence-electron chi connectivity index (χ3n) is 6.19. The number of hydrogen-bond acceptors (Lipinski definition) is 4. The summed E-state index contributed by atoms with van der Waals surface area (Å²) < 4.78 is 5.79. The number of thioether (sulfide) groups is 1. The van der Waals surface area contributed by atoms with Crippen molar-refractivity contribution in [2.75, 3.05) is 11.9 Å². The first kappa shape index (κ1) is 22.8. The van der Waals surface area contributed by atoms with Crippen molar-refractivity contribution in [3.63, 3.8) is 0 Å². The van der Waals surface area contributed by atoms with E-state index in [-0.39, 0.29) is 17.4 Å². The molecule has 1 saturated carbocycles. The van der Waals surface area contributed by atoms with Crippen LogP contribution in [0.5, 0.6) is 5.75 Å². The summed E-state index contributed by atoms with van der Waals surface area (Å²) in [7, 11) is 0. The molecule has 5 heteroatoms. The van der Waals surface area contributed by atoms with Crippen LogP contribution in [-0.2, 0) is 4.79 Å². The maximum atomic E-state index is 13.6. The van der Waals surface area contributed by atoms with Gasteiger partial charge >= 0.3 is 0 Å². The highest BCUT2D eigenvalue weighted by atomic mass is 32.2. The third-order valence-corrected chi connectivity index (χ3v) is 7.30. The van der Waals surface area contributed by atoms with Crippen LogP contribution >= 0.6 is 11.8 Å². The lowest BCUT2D eigenvalue weighted by Crippen LogP contribution is -2.48. The molecule has 3 atom stereocenters. The molecule has 1 N–H and O–H groups in total. The number of hydrogen-bond donors (Lipinski definition) is 1. The Hall–Kier alpha value is -2.40. The molecule has 2 aromatic rings. The van der Waals surface area contributed by atoms with Crippen LogP contribution in [0.2, 0.25) is 0 Å². The van der Waals surface area contributed by atoms with Crippen LogP contribution in [0.4, 0.5) is 5.69 Å². The second-order valence-corrected chi connectivity index (χ2v) is 10.4. The molecule has 32 heavy (non-hydrogen) atoms. The number of ether oxygens (including phenoxy) is 1. The van der Waals surface area contributed by atoms with Gasteiger partial charge in [0, 0.05) is 11.7 Å². The van der Waals surface area contributed by atoms with Crippen molar-refractivity contribution in [2.24, 2.45) is 11.8 Å². The predicted octanol–water partition coefficient (Wildman–Crippen LogP) is 6.61. The molecule has 2 aliphatic rings. The molecule has 0 radical (unpaired) electrons. The molecular weight excluding hydrogens is 416 g/mol. The van der Waals surface area contributed by atoms with Gasteiger partial charge in [0.05, 0.1) is 11.5 Å². The first-order valence-electron chi connectivity index (χ1n) is 11.8. The Morgan fingerprint density at radius 1 is 1.09 bits per heavy atom. The highest BCUT2D eigenvalue weighted by Gasteiger charge is 2.42. The molecule has 170 valence electrons. The summed E-state index contributed by atoms with van der Waals surface area (Å²) in [6.07, 6.45) is 6.74. The van der Waals surface area contributed by atoms with Crippen LogP contribution in [0.1, 0.15) is 52.0 Å². The van der Waals surface area contributed by atoms with Crippen LogP contribution in [0.15, 0.2) is 59.5 Å². The van der Waals surface area contributed by atoms with E-state index in [4.69, 9.17) is 4.74 Å². The molecule has 2 aromatic carbocycles. The fourth-order valence-electron chi connectivity index (χ4n) is 4.44. The Balaban J connectivity index is 1.55. The zero-order valence-electron chi connectivity index (χ0n) is 19.3. The molecular formula is C27H34N2O2S. The normalized spacial score (nSPS) is 24.9. The lowest BCUT2D eigenvalue weighted by atomic mass is 9.85. The zero-order valence-corrected chi connectivity index (χ0v) is 20.1. The smallest absolute Gasteiger partial charge is 0.262 e. The van der Waals surface area contributed by atoms with E-state index in [0.29, 0.717) is 18.4 Å². The van der Waals surface area contributed by atoms with E-state index in [0.717, 1.165) is 28.3 Å². The van der Waals surface area contributed by atoms with E-state index >= 15 is 0 Å². The Labute approximate surface area is 196 Å². The number of rotatable bonds is 7. The van der Waals surface area contributed by atoms with Gasteiger partial charge in [-0.1, -0.05) is 75.7 Å². The molecule has 0 spiro atoms. The molecule has 1 heterocycles. The van der Waals surface area contributed by atoms with Crippen molar-refractivity contribution in [2.45, 2.75) is 58.0 Å². The van der Waals surface area contributed by atoms with E-state index in [1.165, 1.54) is 19.3 Å². The van der Waals surface area contributed by atoms with Crippen molar-refractivity contribution in [3.05, 3.63) is 65.1 Å². The average Bonchev–Trinajstić information content (AvgIpc) is 3.08. The largest absolute Gasteiger partial charge is 0.493 e. The molecule has 1 aliphatic carbocycles. The third kappa shape index (κ3) is 5.50. The topological polar surface area (TPSA) is 41.6 Å². The van der Waals surface area contributed by atoms with Crippen LogP contribution in [-0.4, -0.2) is 29.0 Å². The number of benzene rings is 2. The minimum atomic E-state index is -0.0876. The number of carbonyl (C=O) groups is 1. The van der Waals surface area contributed by atoms with Gasteiger partial charge < -0.3 is 15.0 Å². The van der Waals surface area contributed by atoms with Crippen LogP contribution in [0.25, 0.3) is 6.08 Å². The van der Waals surface area contributed by atoms with Crippen LogP contribution < -0.4 is 10.1 Å². The van der Waals surface area contributed by atoms with Crippen molar-refractivity contribution in [1.82, 2.24) is 4.90 Å². The number of carbonyl (C=O) groups excluding carboxylic acids is 1. The molecule has 1 amide bonds. The fourth-order valence-corrected chi connectivity index (χ4v) is 5.65. The van der Waals surface area contributed by atoms with Gasteiger partial charge in [0.2, 0.25) is 0 Å². The van der Waals surface area contributed by atoms with Gasteiger partial charge in [0.1, 0.15) is 5.75 Å². The van der Waals surface area contributed by atoms with Gasteiger partial charge in [-0.05, 0) is 60.6 Å². The standard InChI is InChI=1S/C27H34N2O2S/c1-19(2)18-31-23-15-13-21(14-16-23)17-25-26(30)29(24-12-8-7-9-20(24)3)27(32-25)28-22-10-5-4-6-11-22/h4-6,10-11,13-17,19-20,24,27-28H,7-9,12,18H2,1-3H3/b25-17-/t20-,24-,27?/m0/s1. The van der Waals surface area contributed by atoms with E-state index in [9.17, 15) is 4.79 Å². The Morgan fingerprint density at radius 3 is 2.50 bits per heavy atom. The maximum absolute atomic E-state index is 13.6. The highest BCUT2D eigenvalue weighted by molar-refractivity contribution is 8.05. The summed E-state index contributed by atoms with van der Waals surface area (Å²) in [6.45, 7) is 7.27. The number of nitrogens with one attached hydrogen (secondary N) is 1. The summed E-state index contributed by atoms with van der Waals surface area (Å²) in [5.74, 6) is 2.02. The first-order chi connectivity index (χ1) is 15.5. The van der Waals surface area contributed by atoms with Crippen LogP contribution in [0.3, 0.4) is 0 Å². The van der Waals surface area contributed by atoms with Gasteiger partial charge in [0.15, 0.2) is 5.50 Å². The summed E-state index contributed by atoms with van der Waals surface area (Å²) in [5, 5.41) is 3.60. The summed E-state index contributed by atoms with van der Waals surface area (Å²) in [5.41, 5.74) is 1.98. The second kappa shape index (κ2) is 10.5. The van der Waals surface area contributed by atoms with E-state index in [1.54, 1.807) is 11.8 Å². The van der Waals surface area contributed by atoms with Crippen molar-refractivity contribution >= 4 is 29.4 Å². The van der Waals surface area contributed by atoms with Gasteiger partial charge in [-0.15, -0.1) is 0 Å². The van der Waals surface area contributed by atoms with Gasteiger partial charge in [-0.2, -0.15) is 0 Å². The molecule has 2 fully saturated rings. The molecule has 0 bridgehead atoms. The van der Waals surface area contributed by atoms with Crippen molar-refractivity contribution < 1.29 is 9.53 Å². The molecule has 1 aliphatic heterocycles. The maximum Gasteiger partial charge on any atom is 0.262 e. The first-order valence-corrected chi connectivity index (χ1v) is 12.6. The number of nitrogens with zero attached hydrogens (tertiary/aromatic N) is 1. The Kier molecular flexibility index (Phi) is 7.46. The van der Waals surface area contributed by atoms with E-state index in [1.807, 2.05) is 48.5 Å². The predicted molar refractivity (Wildman–Crippen MR) is 134 cm³/mol. The molecule has 4 rings (SSSR count). The Bertz CT molecular complexity index is 926. The molecule has 0 aromatic heterocycles. The second-order valence-electron chi connectivity index (χ2n) is 9.30. The number of para-hydroxylation sites is 1. The van der Waals surface area contributed by atoms with Gasteiger partial charge in [-0.3, -0.25) is 4.79 Å². The molecule has 4 nitrogen and oxygen atoms in total. The summed E-state index contributed by atoms with van der Waals surface area (Å²) in [4.78, 5) is 16.5. The quantitative estimate of drug-likeness (QED) is 0.482. The minimum absolute atomic E-state index is 0.0876. The molecule has 1 unspecified atom stereocenters. The monoisotopic (exact) mass is 450 g/mol. The van der Waals surface area contributed by atoms with Gasteiger partial charge in [0.25, 0.3) is 5.91 Å². The average molecular weight is 451 g/mol. The fraction of sp³-hybridized carbons (Fsp3) is 0.444. The van der Waals surface area contributed by atoms with Gasteiger partial charge in [-0.25, -0.2) is 0 Å². The van der Waals surface area contributed by atoms with Crippen molar-refractivity contribution in [1.29, 1.82) is 0 Å². The number of amides is 1. The zero-order chi connectivity index (χ0) is 22.5. The van der Waals surface area contributed by atoms with Crippen molar-refractivity contribution in [3.8, 4) is 5.75 Å². The number of anilines is 1. The minimum Gasteiger partial charge on any atom is -0.493 e. The van der Waals surface area contributed by atoms with E-state index < -0.39 is 0 Å². The Morgan fingerprint density at radius 2 is 1.81 bits per heavy atom. The SMILES string of the molecule is CC(C)COc1ccc(/C=C2\SC(Nc3ccccc3)N([C@H]3CCCC[C@@H]3C)C2=O)cc1. The lowest BCUT2D eigenvalue weighted by molar-refractivity contribution is -0.129. The van der Waals surface area contributed by atoms with E-state index in [2.05, 4.69) is 43.1 Å². The summed E-state index contributed by atoms with van der Waals surface area (Å²) >= 11 is 1.63. The van der Waals surface area contributed by atoms with Crippen LogP contribution in [0, 0.1) is 11.8 Å². The summed E-state index contributed by atoms with van der Waals surface area (Å²) in [6, 6.07) is 18.5. The molecule has 1 saturated heterocycles.